The molecular weight excluding hydrogens is 231 g/mol. The molecule has 1 atom stereocenters. The van der Waals surface area contributed by atoms with Crippen molar-refractivity contribution >= 4 is 0 Å². The Morgan fingerprint density at radius 3 is 2.29 bits per heavy atom. The zero-order valence-electron chi connectivity index (χ0n) is 10.6. The maximum absolute atomic E-state index is 12.2. The van der Waals surface area contributed by atoms with Crippen molar-refractivity contribution in [2.75, 3.05) is 26.7 Å². The number of nitrogens with zero attached hydrogens (tertiary/aromatic N) is 2. The molecule has 0 aliphatic carbocycles. The molecule has 0 aliphatic rings. The van der Waals surface area contributed by atoms with Crippen LogP contribution in [0.1, 0.15) is 26.7 Å². The van der Waals surface area contributed by atoms with Crippen LogP contribution in [0.25, 0.3) is 0 Å². The van der Waals surface area contributed by atoms with Gasteiger partial charge >= 0.3 is 6.18 Å². The molecule has 0 fully saturated rings. The maximum atomic E-state index is 12.2. The summed E-state index contributed by atoms with van der Waals surface area (Å²) in [5.41, 5.74) is -0.655. The monoisotopic (exact) mass is 251 g/mol. The third-order valence-corrected chi connectivity index (χ3v) is 2.80. The van der Waals surface area contributed by atoms with E-state index in [4.69, 9.17) is 5.26 Å². The number of halogens is 3. The molecule has 0 aromatic carbocycles. The van der Waals surface area contributed by atoms with Crippen LogP contribution in [-0.4, -0.2) is 43.3 Å². The van der Waals surface area contributed by atoms with Crippen molar-refractivity contribution in [1.29, 1.82) is 5.26 Å². The first-order valence-corrected chi connectivity index (χ1v) is 5.65. The Morgan fingerprint density at radius 1 is 1.35 bits per heavy atom. The molecule has 0 aromatic heterocycles. The quantitative estimate of drug-likeness (QED) is 0.753. The minimum atomic E-state index is -4.16. The van der Waals surface area contributed by atoms with Gasteiger partial charge in [0.05, 0.1) is 12.6 Å². The second-order valence-electron chi connectivity index (χ2n) is 4.28. The van der Waals surface area contributed by atoms with Crippen molar-refractivity contribution in [2.24, 2.45) is 0 Å². The summed E-state index contributed by atoms with van der Waals surface area (Å²) < 4.78 is 36.5. The van der Waals surface area contributed by atoms with E-state index < -0.39 is 18.3 Å². The largest absolute Gasteiger partial charge is 0.401 e. The van der Waals surface area contributed by atoms with Crippen LogP contribution in [0, 0.1) is 11.3 Å². The van der Waals surface area contributed by atoms with Crippen molar-refractivity contribution in [3.05, 3.63) is 0 Å². The number of alkyl halides is 3. The van der Waals surface area contributed by atoms with Gasteiger partial charge in [-0.3, -0.25) is 4.90 Å². The van der Waals surface area contributed by atoms with E-state index in [9.17, 15) is 13.2 Å². The summed E-state index contributed by atoms with van der Waals surface area (Å²) in [4.78, 5) is 1.34. The van der Waals surface area contributed by atoms with Crippen molar-refractivity contribution in [3.63, 3.8) is 0 Å². The summed E-state index contributed by atoms with van der Waals surface area (Å²) in [6.45, 7) is 3.28. The van der Waals surface area contributed by atoms with E-state index in [-0.39, 0.29) is 0 Å². The molecular formula is C11H20F3N3. The topological polar surface area (TPSA) is 39.1 Å². The molecule has 0 aromatic rings. The highest BCUT2D eigenvalue weighted by molar-refractivity contribution is 5.02. The standard InChI is InChI=1S/C11H20F3N3/c1-4-17(9-11(12,13)14)7-5-6-10(2,8-15)16-3/h16H,4-7,9H2,1-3H3. The SMILES string of the molecule is CCN(CCCC(C)(C#N)NC)CC(F)(F)F. The highest BCUT2D eigenvalue weighted by atomic mass is 19.4. The van der Waals surface area contributed by atoms with Gasteiger partial charge in [-0.25, -0.2) is 0 Å². The fraction of sp³-hybridized carbons (Fsp3) is 0.909. The Kier molecular flexibility index (Phi) is 6.50. The van der Waals surface area contributed by atoms with E-state index in [0.29, 0.717) is 25.9 Å². The third kappa shape index (κ3) is 7.18. The molecule has 1 unspecified atom stereocenters. The maximum Gasteiger partial charge on any atom is 0.401 e. The van der Waals surface area contributed by atoms with Crippen LogP contribution >= 0.6 is 0 Å². The molecule has 6 heteroatoms. The number of hydrogen-bond donors (Lipinski definition) is 1. The normalized spacial score (nSPS) is 15.6. The molecule has 0 rings (SSSR count). The lowest BCUT2D eigenvalue weighted by Gasteiger charge is -2.25. The molecule has 3 nitrogen and oxygen atoms in total. The molecule has 0 bridgehead atoms. The Bertz CT molecular complexity index is 260. The molecule has 100 valence electrons. The minimum Gasteiger partial charge on any atom is -0.303 e. The highest BCUT2D eigenvalue weighted by Gasteiger charge is 2.30. The summed E-state index contributed by atoms with van der Waals surface area (Å²) in [7, 11) is 1.68. The van der Waals surface area contributed by atoms with Gasteiger partial charge in [0, 0.05) is 0 Å². The predicted octanol–water partition coefficient (Wildman–Crippen LogP) is 2.15. The van der Waals surface area contributed by atoms with Crippen LogP contribution in [0.2, 0.25) is 0 Å². The van der Waals surface area contributed by atoms with Crippen LogP contribution in [0.4, 0.5) is 13.2 Å². The highest BCUT2D eigenvalue weighted by Crippen LogP contribution is 2.17. The second kappa shape index (κ2) is 6.82. The van der Waals surface area contributed by atoms with E-state index in [0.717, 1.165) is 0 Å². The van der Waals surface area contributed by atoms with Gasteiger partial charge < -0.3 is 5.32 Å². The van der Waals surface area contributed by atoms with E-state index >= 15 is 0 Å². The van der Waals surface area contributed by atoms with Crippen LogP contribution < -0.4 is 5.32 Å². The molecule has 1 N–H and O–H groups in total. The molecule has 0 radical (unpaired) electrons. The fourth-order valence-corrected chi connectivity index (χ4v) is 1.50. The molecule has 17 heavy (non-hydrogen) atoms. The van der Waals surface area contributed by atoms with Gasteiger partial charge in [0.1, 0.15) is 5.54 Å². The Balaban J connectivity index is 4.05. The predicted molar refractivity (Wildman–Crippen MR) is 60.5 cm³/mol. The second-order valence-corrected chi connectivity index (χ2v) is 4.28. The average Bonchev–Trinajstić information content (AvgIpc) is 2.25. The zero-order chi connectivity index (χ0) is 13.5. The summed E-state index contributed by atoms with van der Waals surface area (Å²) in [5.74, 6) is 0. The molecule has 0 aliphatic heterocycles. The number of hydrogen-bond acceptors (Lipinski definition) is 3. The minimum absolute atomic E-state index is 0.356. The third-order valence-electron chi connectivity index (χ3n) is 2.80. The van der Waals surface area contributed by atoms with Crippen molar-refractivity contribution in [2.45, 2.75) is 38.4 Å². The molecule has 0 amide bonds. The van der Waals surface area contributed by atoms with Crippen LogP contribution in [0.5, 0.6) is 0 Å². The van der Waals surface area contributed by atoms with Gasteiger partial charge in [0.25, 0.3) is 0 Å². The van der Waals surface area contributed by atoms with Gasteiger partial charge in [0.15, 0.2) is 0 Å². The van der Waals surface area contributed by atoms with E-state index in [2.05, 4.69) is 11.4 Å². The van der Waals surface area contributed by atoms with E-state index in [1.54, 1.807) is 20.9 Å². The number of rotatable bonds is 7. The lowest BCUT2D eigenvalue weighted by atomic mass is 9.98. The van der Waals surface area contributed by atoms with Crippen LogP contribution in [-0.2, 0) is 0 Å². The summed E-state index contributed by atoms with van der Waals surface area (Å²) in [6, 6.07) is 2.12. The van der Waals surface area contributed by atoms with Gasteiger partial charge in [-0.05, 0) is 39.9 Å². The lowest BCUT2D eigenvalue weighted by molar-refractivity contribution is -0.145. The average molecular weight is 251 g/mol. The zero-order valence-corrected chi connectivity index (χ0v) is 10.6. The van der Waals surface area contributed by atoms with Gasteiger partial charge in [-0.2, -0.15) is 18.4 Å². The Hall–Kier alpha value is -0.800. The fourth-order valence-electron chi connectivity index (χ4n) is 1.50. The van der Waals surface area contributed by atoms with Crippen LogP contribution in [0.3, 0.4) is 0 Å². The molecule has 0 saturated heterocycles. The smallest absolute Gasteiger partial charge is 0.303 e. The van der Waals surface area contributed by atoms with Gasteiger partial charge in [-0.1, -0.05) is 6.92 Å². The molecule has 0 spiro atoms. The Morgan fingerprint density at radius 2 is 1.94 bits per heavy atom. The Labute approximate surface area is 101 Å². The number of nitrogens with one attached hydrogen (secondary N) is 1. The van der Waals surface area contributed by atoms with Crippen LogP contribution in [0.15, 0.2) is 0 Å². The van der Waals surface area contributed by atoms with Crippen molar-refractivity contribution in [1.82, 2.24) is 10.2 Å². The van der Waals surface area contributed by atoms with E-state index in [1.807, 2.05) is 0 Å². The van der Waals surface area contributed by atoms with Gasteiger partial charge in [0.2, 0.25) is 0 Å². The molecule has 0 heterocycles. The van der Waals surface area contributed by atoms with Gasteiger partial charge in [-0.15, -0.1) is 0 Å². The first-order chi connectivity index (χ1) is 7.76. The summed E-state index contributed by atoms with van der Waals surface area (Å²) in [6.07, 6.45) is -3.05. The lowest BCUT2D eigenvalue weighted by Crippen LogP contribution is -2.40. The number of nitriles is 1. The first kappa shape index (κ1) is 16.2. The van der Waals surface area contributed by atoms with E-state index in [1.165, 1.54) is 4.90 Å². The summed E-state index contributed by atoms with van der Waals surface area (Å²) >= 11 is 0. The first-order valence-electron chi connectivity index (χ1n) is 5.65. The van der Waals surface area contributed by atoms with Crippen molar-refractivity contribution < 1.29 is 13.2 Å². The molecule has 0 saturated carbocycles. The van der Waals surface area contributed by atoms with Crippen molar-refractivity contribution in [3.8, 4) is 6.07 Å². The summed E-state index contributed by atoms with van der Waals surface area (Å²) in [5, 5.41) is 11.8.